The number of carbonyl (C=O) groups is 1. The van der Waals surface area contributed by atoms with E-state index in [1.54, 1.807) is 29.7 Å². The summed E-state index contributed by atoms with van der Waals surface area (Å²) in [5.41, 5.74) is 3.35. The Morgan fingerprint density at radius 3 is 2.57 bits per heavy atom. The van der Waals surface area contributed by atoms with Gasteiger partial charge in [-0.05, 0) is 61.1 Å². The van der Waals surface area contributed by atoms with Crippen LogP contribution in [0.2, 0.25) is 10.0 Å². The molecule has 0 fully saturated rings. The van der Waals surface area contributed by atoms with Gasteiger partial charge < -0.3 is 5.32 Å². The summed E-state index contributed by atoms with van der Waals surface area (Å²) in [4.78, 5) is 19.0. The molecule has 0 atom stereocenters. The van der Waals surface area contributed by atoms with Crippen molar-refractivity contribution >= 4 is 57.3 Å². The number of aryl methyl sites for hydroxylation is 1. The highest BCUT2D eigenvalue weighted by Gasteiger charge is 2.25. The summed E-state index contributed by atoms with van der Waals surface area (Å²) in [5, 5.41) is 4.90. The molecule has 1 heterocycles. The second kappa shape index (κ2) is 8.48. The van der Waals surface area contributed by atoms with Gasteiger partial charge in [-0.2, -0.15) is 0 Å². The highest BCUT2D eigenvalue weighted by Crippen LogP contribution is 2.40. The van der Waals surface area contributed by atoms with Crippen molar-refractivity contribution in [2.75, 3.05) is 5.32 Å². The van der Waals surface area contributed by atoms with Crippen LogP contribution in [0, 0.1) is 0 Å². The van der Waals surface area contributed by atoms with Crippen molar-refractivity contribution in [2.24, 2.45) is 4.99 Å². The van der Waals surface area contributed by atoms with Crippen LogP contribution in [0.15, 0.2) is 53.5 Å². The molecule has 28 heavy (non-hydrogen) atoms. The van der Waals surface area contributed by atoms with Crippen LogP contribution in [-0.4, -0.2) is 12.1 Å². The van der Waals surface area contributed by atoms with E-state index in [9.17, 15) is 4.79 Å². The van der Waals surface area contributed by atoms with E-state index < -0.39 is 0 Å². The topological polar surface area (TPSA) is 41.5 Å². The lowest BCUT2D eigenvalue weighted by Gasteiger charge is -2.13. The molecule has 0 unspecified atom stereocenters. The number of nitrogens with one attached hydrogen (secondary N) is 1. The van der Waals surface area contributed by atoms with E-state index in [0.29, 0.717) is 21.3 Å². The number of para-hydroxylation sites is 1. The number of hydrogen-bond donors (Lipinski definition) is 1. The Hall–Kier alpha value is -2.14. The first-order valence-electron chi connectivity index (χ1n) is 9.12. The van der Waals surface area contributed by atoms with Gasteiger partial charge in [-0.25, -0.2) is 4.99 Å². The fourth-order valence-electron chi connectivity index (χ4n) is 3.31. The number of amides is 1. The van der Waals surface area contributed by atoms with E-state index >= 15 is 0 Å². The zero-order valence-corrected chi connectivity index (χ0v) is 17.4. The molecule has 0 spiro atoms. The standard InChI is InChI=1S/C22H18Cl2N2OS/c23-15-11-9-14(10-12-15)13-25-22-20(16-5-1-4-8-19(16)28-22)21(27)26-18-7-3-2-6-17(18)24/h2-3,6-7,9-13H,1,4-5,8H2,(H,26,27). The van der Waals surface area contributed by atoms with E-state index in [-0.39, 0.29) is 5.91 Å². The van der Waals surface area contributed by atoms with Crippen molar-refractivity contribution in [3.05, 3.63) is 80.1 Å². The minimum absolute atomic E-state index is 0.157. The largest absolute Gasteiger partial charge is 0.321 e. The summed E-state index contributed by atoms with van der Waals surface area (Å²) in [5.74, 6) is -0.157. The van der Waals surface area contributed by atoms with E-state index in [0.717, 1.165) is 41.8 Å². The summed E-state index contributed by atoms with van der Waals surface area (Å²) in [6, 6.07) is 14.7. The molecule has 1 aromatic heterocycles. The third-order valence-corrected chi connectivity index (χ3v) is 6.48. The van der Waals surface area contributed by atoms with Crippen LogP contribution in [0.5, 0.6) is 0 Å². The lowest BCUT2D eigenvalue weighted by atomic mass is 9.95. The summed E-state index contributed by atoms with van der Waals surface area (Å²) in [7, 11) is 0. The zero-order valence-electron chi connectivity index (χ0n) is 15.0. The molecule has 4 rings (SSSR count). The molecule has 1 amide bonds. The first-order valence-corrected chi connectivity index (χ1v) is 10.7. The molecule has 3 nitrogen and oxygen atoms in total. The van der Waals surface area contributed by atoms with Crippen LogP contribution in [0.4, 0.5) is 10.7 Å². The van der Waals surface area contributed by atoms with Gasteiger partial charge in [-0.1, -0.05) is 47.5 Å². The molecule has 0 bridgehead atoms. The lowest BCUT2D eigenvalue weighted by molar-refractivity contribution is 0.102. The number of thiophene rings is 1. The van der Waals surface area contributed by atoms with Crippen LogP contribution in [0.25, 0.3) is 0 Å². The van der Waals surface area contributed by atoms with Gasteiger partial charge in [-0.3, -0.25) is 4.79 Å². The molecule has 1 aliphatic rings. The van der Waals surface area contributed by atoms with Gasteiger partial charge in [0.05, 0.1) is 16.3 Å². The van der Waals surface area contributed by atoms with E-state index in [1.165, 1.54) is 4.88 Å². The van der Waals surface area contributed by atoms with Crippen molar-refractivity contribution in [2.45, 2.75) is 25.7 Å². The number of anilines is 1. The molecule has 1 N–H and O–H groups in total. The Morgan fingerprint density at radius 1 is 1.04 bits per heavy atom. The van der Waals surface area contributed by atoms with Gasteiger partial charge in [0.15, 0.2) is 0 Å². The number of halogens is 2. The van der Waals surface area contributed by atoms with Crippen molar-refractivity contribution in [1.29, 1.82) is 0 Å². The maximum absolute atomic E-state index is 13.1. The van der Waals surface area contributed by atoms with E-state index in [2.05, 4.69) is 10.3 Å². The number of rotatable bonds is 4. The van der Waals surface area contributed by atoms with Gasteiger partial charge in [0.25, 0.3) is 5.91 Å². The molecular formula is C22H18Cl2N2OS. The first kappa shape index (κ1) is 19.2. The number of hydrogen-bond acceptors (Lipinski definition) is 3. The average Bonchev–Trinajstić information content (AvgIpc) is 3.08. The minimum atomic E-state index is -0.157. The number of aliphatic imine (C=N–C) groups is 1. The Balaban J connectivity index is 1.68. The molecule has 0 aliphatic heterocycles. The molecule has 142 valence electrons. The zero-order chi connectivity index (χ0) is 19.5. The van der Waals surface area contributed by atoms with Crippen molar-refractivity contribution in [3.63, 3.8) is 0 Å². The predicted octanol–water partition coefficient (Wildman–Crippen LogP) is 6.94. The number of benzene rings is 2. The molecular weight excluding hydrogens is 411 g/mol. The Labute approximate surface area is 178 Å². The number of nitrogens with zero attached hydrogens (tertiary/aromatic N) is 1. The van der Waals surface area contributed by atoms with Gasteiger partial charge in [0.1, 0.15) is 5.00 Å². The minimum Gasteiger partial charge on any atom is -0.321 e. The van der Waals surface area contributed by atoms with Crippen LogP contribution in [-0.2, 0) is 12.8 Å². The third kappa shape index (κ3) is 4.14. The normalized spacial score (nSPS) is 13.5. The Morgan fingerprint density at radius 2 is 1.79 bits per heavy atom. The quantitative estimate of drug-likeness (QED) is 0.449. The Bertz CT molecular complexity index is 1040. The molecule has 1 aliphatic carbocycles. The maximum atomic E-state index is 13.1. The molecule has 3 aromatic rings. The summed E-state index contributed by atoms with van der Waals surface area (Å²) < 4.78 is 0. The van der Waals surface area contributed by atoms with E-state index in [4.69, 9.17) is 23.2 Å². The van der Waals surface area contributed by atoms with Gasteiger partial charge in [0, 0.05) is 16.1 Å². The lowest BCUT2D eigenvalue weighted by Crippen LogP contribution is -2.15. The second-order valence-electron chi connectivity index (χ2n) is 6.63. The van der Waals surface area contributed by atoms with Crippen LogP contribution in [0.1, 0.15) is 39.2 Å². The summed E-state index contributed by atoms with van der Waals surface area (Å²) in [6.45, 7) is 0. The Kier molecular flexibility index (Phi) is 5.81. The molecule has 0 saturated carbocycles. The van der Waals surface area contributed by atoms with Crippen LogP contribution >= 0.6 is 34.5 Å². The SMILES string of the molecule is O=C(Nc1ccccc1Cl)c1c(N=Cc2ccc(Cl)cc2)sc2c1CCCC2. The van der Waals surface area contributed by atoms with Gasteiger partial charge in [-0.15, -0.1) is 11.3 Å². The van der Waals surface area contributed by atoms with Crippen LogP contribution in [0.3, 0.4) is 0 Å². The van der Waals surface area contributed by atoms with Crippen molar-refractivity contribution in [3.8, 4) is 0 Å². The molecule has 2 aromatic carbocycles. The number of fused-ring (bicyclic) bond motifs is 1. The summed E-state index contributed by atoms with van der Waals surface area (Å²) >= 11 is 13.8. The van der Waals surface area contributed by atoms with Gasteiger partial charge in [0.2, 0.25) is 0 Å². The highest BCUT2D eigenvalue weighted by atomic mass is 35.5. The number of carbonyl (C=O) groups excluding carboxylic acids is 1. The fourth-order valence-corrected chi connectivity index (χ4v) is 4.85. The van der Waals surface area contributed by atoms with E-state index in [1.807, 2.05) is 36.4 Å². The van der Waals surface area contributed by atoms with Crippen LogP contribution < -0.4 is 5.32 Å². The molecule has 6 heteroatoms. The predicted molar refractivity (Wildman–Crippen MR) is 119 cm³/mol. The van der Waals surface area contributed by atoms with Crippen molar-refractivity contribution < 1.29 is 4.79 Å². The second-order valence-corrected chi connectivity index (χ2v) is 8.56. The summed E-state index contributed by atoms with van der Waals surface area (Å²) in [6.07, 6.45) is 5.94. The van der Waals surface area contributed by atoms with Crippen molar-refractivity contribution in [1.82, 2.24) is 0 Å². The third-order valence-electron chi connectivity index (χ3n) is 4.70. The monoisotopic (exact) mass is 428 g/mol. The smallest absolute Gasteiger partial charge is 0.259 e. The highest BCUT2D eigenvalue weighted by molar-refractivity contribution is 7.16. The maximum Gasteiger partial charge on any atom is 0.259 e. The average molecular weight is 429 g/mol. The fraction of sp³-hybridized carbons (Fsp3) is 0.182. The van der Waals surface area contributed by atoms with Gasteiger partial charge >= 0.3 is 0 Å². The molecule has 0 saturated heterocycles. The first-order chi connectivity index (χ1) is 13.6. The molecule has 0 radical (unpaired) electrons.